The van der Waals surface area contributed by atoms with E-state index in [-0.39, 0.29) is 5.91 Å². The number of aryl methyl sites for hydroxylation is 1. The molecule has 158 valence electrons. The van der Waals surface area contributed by atoms with Gasteiger partial charge in [-0.25, -0.2) is 4.98 Å². The lowest BCUT2D eigenvalue weighted by Gasteiger charge is -2.23. The molecular formula is C24H29N3O2S. The number of hydrogen-bond acceptors (Lipinski definition) is 5. The maximum Gasteiger partial charge on any atom is 0.265 e. The summed E-state index contributed by atoms with van der Waals surface area (Å²) in [6, 6.07) is 17.5. The maximum atomic E-state index is 13.1. The lowest BCUT2D eigenvalue weighted by molar-refractivity contribution is 0.0755. The number of hydrogen-bond donors (Lipinski definition) is 0. The predicted molar refractivity (Wildman–Crippen MR) is 124 cm³/mol. The summed E-state index contributed by atoms with van der Waals surface area (Å²) in [7, 11) is 2.07. The maximum absolute atomic E-state index is 13.1. The van der Waals surface area contributed by atoms with Gasteiger partial charge in [0.2, 0.25) is 0 Å². The highest BCUT2D eigenvalue weighted by Gasteiger charge is 2.21. The molecule has 0 saturated carbocycles. The minimum Gasteiger partial charge on any atom is -0.457 e. The van der Waals surface area contributed by atoms with E-state index < -0.39 is 0 Å². The number of benzene rings is 2. The highest BCUT2D eigenvalue weighted by molar-refractivity contribution is 7.17. The Labute approximate surface area is 182 Å². The Hall–Kier alpha value is -2.70. The highest BCUT2D eigenvalue weighted by Crippen LogP contribution is 2.31. The zero-order valence-electron chi connectivity index (χ0n) is 18.1. The number of likely N-dealkylation sites (N-methyl/N-ethyl adjacent to an activating group) is 2. The lowest BCUT2D eigenvalue weighted by Crippen LogP contribution is -2.37. The normalized spacial score (nSPS) is 11.0. The number of thiazole rings is 1. The summed E-state index contributed by atoms with van der Waals surface area (Å²) >= 11 is 1.46. The van der Waals surface area contributed by atoms with E-state index in [1.807, 2.05) is 73.3 Å². The van der Waals surface area contributed by atoms with Gasteiger partial charge in [0, 0.05) is 25.2 Å². The van der Waals surface area contributed by atoms with Gasteiger partial charge >= 0.3 is 0 Å². The first-order chi connectivity index (χ1) is 14.5. The van der Waals surface area contributed by atoms with Crippen LogP contribution in [0.25, 0.3) is 10.6 Å². The van der Waals surface area contributed by atoms with E-state index in [1.165, 1.54) is 11.3 Å². The van der Waals surface area contributed by atoms with E-state index in [2.05, 4.69) is 23.9 Å². The molecule has 0 aliphatic heterocycles. The molecule has 0 saturated heterocycles. The molecule has 0 unspecified atom stereocenters. The third kappa shape index (κ3) is 5.46. The van der Waals surface area contributed by atoms with Crippen LogP contribution in [0, 0.1) is 6.92 Å². The van der Waals surface area contributed by atoms with Crippen LogP contribution in [0.1, 0.15) is 29.2 Å². The van der Waals surface area contributed by atoms with Crippen LogP contribution < -0.4 is 4.74 Å². The third-order valence-corrected chi connectivity index (χ3v) is 6.23. The van der Waals surface area contributed by atoms with Gasteiger partial charge in [-0.1, -0.05) is 25.1 Å². The van der Waals surface area contributed by atoms with E-state index in [9.17, 15) is 4.79 Å². The molecule has 0 N–H and O–H groups in total. The number of aromatic nitrogens is 1. The molecule has 0 atom stereocenters. The van der Waals surface area contributed by atoms with Crippen LogP contribution in [0.15, 0.2) is 54.6 Å². The summed E-state index contributed by atoms with van der Waals surface area (Å²) in [5.41, 5.74) is 1.77. The van der Waals surface area contributed by atoms with Crippen molar-refractivity contribution in [2.24, 2.45) is 0 Å². The Morgan fingerprint density at radius 2 is 1.63 bits per heavy atom. The molecule has 0 radical (unpaired) electrons. The van der Waals surface area contributed by atoms with Crippen LogP contribution in [0.5, 0.6) is 11.5 Å². The van der Waals surface area contributed by atoms with Gasteiger partial charge in [-0.15, -0.1) is 11.3 Å². The standard InChI is InChI=1S/C24H29N3O2S/c1-5-26(4)16-17-27(6-2)24(28)22-18(3)25-23(30-22)19-12-14-21(15-13-19)29-20-10-8-7-9-11-20/h7-15H,5-6,16-17H2,1-4H3. The number of carbonyl (C=O) groups is 1. The van der Waals surface area contributed by atoms with Gasteiger partial charge in [0.25, 0.3) is 5.91 Å². The summed E-state index contributed by atoms with van der Waals surface area (Å²) in [5, 5.41) is 0.851. The Morgan fingerprint density at radius 1 is 0.967 bits per heavy atom. The zero-order chi connectivity index (χ0) is 21.5. The number of ether oxygens (including phenoxy) is 1. The van der Waals surface area contributed by atoms with Crippen molar-refractivity contribution >= 4 is 17.2 Å². The molecule has 5 nitrogen and oxygen atoms in total. The minimum atomic E-state index is 0.0623. The van der Waals surface area contributed by atoms with Crippen molar-refractivity contribution in [2.75, 3.05) is 33.2 Å². The molecule has 2 aromatic carbocycles. The quantitative estimate of drug-likeness (QED) is 0.467. The Morgan fingerprint density at radius 3 is 2.27 bits per heavy atom. The van der Waals surface area contributed by atoms with Crippen molar-refractivity contribution in [3.05, 3.63) is 65.2 Å². The summed E-state index contributed by atoms with van der Waals surface area (Å²) in [6.07, 6.45) is 0. The number of rotatable bonds is 9. The first-order valence-corrected chi connectivity index (χ1v) is 11.1. The summed E-state index contributed by atoms with van der Waals surface area (Å²) in [5.74, 6) is 1.63. The number of nitrogens with zero attached hydrogens (tertiary/aromatic N) is 3. The molecule has 30 heavy (non-hydrogen) atoms. The molecule has 1 heterocycles. The largest absolute Gasteiger partial charge is 0.457 e. The number of amides is 1. The van der Waals surface area contributed by atoms with Gasteiger partial charge in [0.1, 0.15) is 21.4 Å². The van der Waals surface area contributed by atoms with E-state index >= 15 is 0 Å². The zero-order valence-corrected chi connectivity index (χ0v) is 18.9. The van der Waals surface area contributed by atoms with Crippen LogP contribution in [0.3, 0.4) is 0 Å². The smallest absolute Gasteiger partial charge is 0.265 e. The lowest BCUT2D eigenvalue weighted by atomic mass is 10.2. The van der Waals surface area contributed by atoms with Crippen molar-refractivity contribution in [3.8, 4) is 22.1 Å². The van der Waals surface area contributed by atoms with Gasteiger partial charge in [-0.2, -0.15) is 0 Å². The summed E-state index contributed by atoms with van der Waals surface area (Å²) in [6.45, 7) is 9.29. The molecule has 0 spiro atoms. The molecule has 1 aromatic heterocycles. The van der Waals surface area contributed by atoms with Gasteiger partial charge in [-0.05, 0) is 63.8 Å². The molecule has 0 aliphatic carbocycles. The van der Waals surface area contributed by atoms with Crippen LogP contribution in [-0.2, 0) is 0 Å². The van der Waals surface area contributed by atoms with Crippen molar-refractivity contribution in [3.63, 3.8) is 0 Å². The summed E-state index contributed by atoms with van der Waals surface area (Å²) in [4.78, 5) is 22.5. The van der Waals surface area contributed by atoms with Crippen LogP contribution in [-0.4, -0.2) is 53.9 Å². The second-order valence-electron chi connectivity index (χ2n) is 7.15. The fraction of sp³-hybridized carbons (Fsp3) is 0.333. The summed E-state index contributed by atoms with van der Waals surface area (Å²) < 4.78 is 5.86. The third-order valence-electron chi connectivity index (χ3n) is 5.03. The SMILES string of the molecule is CCN(C)CCN(CC)C(=O)c1sc(-c2ccc(Oc3ccccc3)cc2)nc1C. The van der Waals surface area contributed by atoms with Crippen molar-refractivity contribution in [1.29, 1.82) is 0 Å². The molecule has 0 bridgehead atoms. The fourth-order valence-electron chi connectivity index (χ4n) is 3.00. The predicted octanol–water partition coefficient (Wildman–Crippen LogP) is 5.32. The second-order valence-corrected chi connectivity index (χ2v) is 8.15. The van der Waals surface area contributed by atoms with Crippen molar-refractivity contribution in [1.82, 2.24) is 14.8 Å². The molecule has 3 rings (SSSR count). The molecular weight excluding hydrogens is 394 g/mol. The minimum absolute atomic E-state index is 0.0623. The topological polar surface area (TPSA) is 45.7 Å². The molecule has 0 fully saturated rings. The van der Waals surface area contributed by atoms with Gasteiger partial charge in [-0.3, -0.25) is 4.79 Å². The first kappa shape index (κ1) is 22.0. The van der Waals surface area contributed by atoms with Gasteiger partial charge in [0.05, 0.1) is 5.69 Å². The van der Waals surface area contributed by atoms with E-state index in [4.69, 9.17) is 4.74 Å². The number of para-hydroxylation sites is 1. The second kappa shape index (κ2) is 10.4. The fourth-order valence-corrected chi connectivity index (χ4v) is 4.04. The molecule has 3 aromatic rings. The van der Waals surface area contributed by atoms with Gasteiger partial charge in [0.15, 0.2) is 0 Å². The van der Waals surface area contributed by atoms with Crippen LogP contribution in [0.2, 0.25) is 0 Å². The molecule has 6 heteroatoms. The van der Waals surface area contributed by atoms with Crippen molar-refractivity contribution < 1.29 is 9.53 Å². The first-order valence-electron chi connectivity index (χ1n) is 10.3. The Kier molecular flexibility index (Phi) is 7.60. The van der Waals surface area contributed by atoms with Crippen molar-refractivity contribution in [2.45, 2.75) is 20.8 Å². The Balaban J connectivity index is 1.72. The average Bonchev–Trinajstić information content (AvgIpc) is 3.16. The highest BCUT2D eigenvalue weighted by atomic mass is 32.1. The molecule has 0 aliphatic rings. The van der Waals surface area contributed by atoms with E-state index in [0.717, 1.165) is 52.3 Å². The van der Waals surface area contributed by atoms with Crippen LogP contribution >= 0.6 is 11.3 Å². The van der Waals surface area contributed by atoms with E-state index in [1.54, 1.807) is 0 Å². The van der Waals surface area contributed by atoms with Crippen LogP contribution in [0.4, 0.5) is 0 Å². The number of carbonyl (C=O) groups excluding carboxylic acids is 1. The monoisotopic (exact) mass is 423 g/mol. The Bertz CT molecular complexity index is 954. The molecule has 1 amide bonds. The van der Waals surface area contributed by atoms with Gasteiger partial charge < -0.3 is 14.5 Å². The van der Waals surface area contributed by atoms with E-state index in [0.29, 0.717) is 6.54 Å². The average molecular weight is 424 g/mol.